The Bertz CT molecular complexity index is 408. The van der Waals surface area contributed by atoms with Crippen molar-refractivity contribution in [1.29, 1.82) is 0 Å². The summed E-state index contributed by atoms with van der Waals surface area (Å²) in [6, 6.07) is 0. The Balaban J connectivity index is 1.91. The van der Waals surface area contributed by atoms with Crippen molar-refractivity contribution in [3.63, 3.8) is 0 Å². The molecule has 0 aromatic heterocycles. The van der Waals surface area contributed by atoms with Crippen LogP contribution in [0.5, 0.6) is 0 Å². The van der Waals surface area contributed by atoms with Gasteiger partial charge in [-0.25, -0.2) is 4.79 Å². The lowest BCUT2D eigenvalue weighted by molar-refractivity contribution is -0.136. The van der Waals surface area contributed by atoms with E-state index in [9.17, 15) is 4.79 Å². The number of ether oxygens (including phenoxy) is 2. The van der Waals surface area contributed by atoms with Crippen molar-refractivity contribution in [2.24, 2.45) is 5.92 Å². The zero-order chi connectivity index (χ0) is 14.5. The van der Waals surface area contributed by atoms with Crippen molar-refractivity contribution in [1.82, 2.24) is 0 Å². The van der Waals surface area contributed by atoms with Crippen LogP contribution in [0.2, 0.25) is 0 Å². The van der Waals surface area contributed by atoms with Crippen LogP contribution in [-0.2, 0) is 14.3 Å². The SMILES string of the molecule is C=C1CC(C(=O)OC)=C2CO[C@H](CCCCCCC)[C@@H]12. The van der Waals surface area contributed by atoms with Gasteiger partial charge in [0.2, 0.25) is 0 Å². The van der Waals surface area contributed by atoms with Gasteiger partial charge in [-0.3, -0.25) is 0 Å². The first-order chi connectivity index (χ1) is 9.69. The summed E-state index contributed by atoms with van der Waals surface area (Å²) < 4.78 is 10.8. The number of hydrogen-bond donors (Lipinski definition) is 0. The lowest BCUT2D eigenvalue weighted by Gasteiger charge is -2.17. The van der Waals surface area contributed by atoms with Crippen molar-refractivity contribution in [3.05, 3.63) is 23.3 Å². The molecule has 2 atom stereocenters. The molecule has 112 valence electrons. The number of fused-ring (bicyclic) bond motifs is 1. The molecule has 20 heavy (non-hydrogen) atoms. The van der Waals surface area contributed by atoms with Crippen LogP contribution in [0, 0.1) is 5.92 Å². The molecule has 2 aliphatic rings. The van der Waals surface area contributed by atoms with Gasteiger partial charge in [0.25, 0.3) is 0 Å². The number of carbonyl (C=O) groups is 1. The van der Waals surface area contributed by atoms with E-state index in [0.29, 0.717) is 13.0 Å². The minimum Gasteiger partial charge on any atom is -0.466 e. The smallest absolute Gasteiger partial charge is 0.334 e. The summed E-state index contributed by atoms with van der Waals surface area (Å²) in [5.74, 6) is 0.0473. The van der Waals surface area contributed by atoms with Crippen LogP contribution in [0.15, 0.2) is 23.3 Å². The predicted molar refractivity (Wildman–Crippen MR) is 79.4 cm³/mol. The van der Waals surface area contributed by atoms with E-state index in [1.807, 2.05) is 0 Å². The molecule has 0 amide bonds. The molecule has 0 spiro atoms. The summed E-state index contributed by atoms with van der Waals surface area (Å²) in [4.78, 5) is 11.8. The van der Waals surface area contributed by atoms with Crippen LogP contribution in [0.3, 0.4) is 0 Å². The molecular formula is C17H26O3. The number of unbranched alkanes of at least 4 members (excludes halogenated alkanes) is 4. The molecule has 0 aromatic rings. The molecule has 0 saturated carbocycles. The quantitative estimate of drug-likeness (QED) is 0.404. The van der Waals surface area contributed by atoms with Gasteiger partial charge in [0.05, 0.1) is 19.8 Å². The average Bonchev–Trinajstić information content (AvgIpc) is 3.00. The highest BCUT2D eigenvalue weighted by molar-refractivity contribution is 5.91. The zero-order valence-corrected chi connectivity index (χ0v) is 12.7. The lowest BCUT2D eigenvalue weighted by atomic mass is 9.91. The zero-order valence-electron chi connectivity index (χ0n) is 12.7. The summed E-state index contributed by atoms with van der Waals surface area (Å²) in [5, 5.41) is 0. The molecule has 0 radical (unpaired) electrons. The summed E-state index contributed by atoms with van der Waals surface area (Å²) >= 11 is 0. The summed E-state index contributed by atoms with van der Waals surface area (Å²) in [6.45, 7) is 6.95. The normalized spacial score (nSPS) is 25.2. The van der Waals surface area contributed by atoms with Crippen LogP contribution in [0.25, 0.3) is 0 Å². The largest absolute Gasteiger partial charge is 0.466 e. The Morgan fingerprint density at radius 1 is 1.35 bits per heavy atom. The molecule has 0 N–H and O–H groups in total. The molecule has 0 bridgehead atoms. The van der Waals surface area contributed by atoms with Crippen molar-refractivity contribution in [2.75, 3.05) is 13.7 Å². The summed E-state index contributed by atoms with van der Waals surface area (Å²) in [6.07, 6.45) is 8.35. The van der Waals surface area contributed by atoms with Gasteiger partial charge in [0.15, 0.2) is 0 Å². The first-order valence-corrected chi connectivity index (χ1v) is 7.78. The molecule has 1 heterocycles. The van der Waals surface area contributed by atoms with Crippen molar-refractivity contribution >= 4 is 5.97 Å². The average molecular weight is 278 g/mol. The molecular weight excluding hydrogens is 252 g/mol. The molecule has 1 aliphatic carbocycles. The second kappa shape index (κ2) is 7.07. The Morgan fingerprint density at radius 3 is 2.80 bits per heavy atom. The Kier molecular flexibility index (Phi) is 5.41. The van der Waals surface area contributed by atoms with Gasteiger partial charge in [-0.15, -0.1) is 0 Å². The van der Waals surface area contributed by atoms with Gasteiger partial charge in [-0.05, 0) is 12.0 Å². The highest BCUT2D eigenvalue weighted by Gasteiger charge is 2.42. The van der Waals surface area contributed by atoms with E-state index >= 15 is 0 Å². The third-order valence-corrected chi connectivity index (χ3v) is 4.46. The monoisotopic (exact) mass is 278 g/mol. The minimum absolute atomic E-state index is 0.212. The second-order valence-electron chi connectivity index (χ2n) is 5.86. The van der Waals surface area contributed by atoms with Crippen LogP contribution in [0.4, 0.5) is 0 Å². The fraction of sp³-hybridized carbons (Fsp3) is 0.706. The van der Waals surface area contributed by atoms with Crippen LogP contribution < -0.4 is 0 Å². The molecule has 1 aliphatic heterocycles. The van der Waals surface area contributed by atoms with Crippen molar-refractivity contribution in [2.45, 2.75) is 58.0 Å². The van der Waals surface area contributed by atoms with E-state index in [2.05, 4.69) is 13.5 Å². The molecule has 0 aromatic carbocycles. The maximum Gasteiger partial charge on any atom is 0.334 e. The van der Waals surface area contributed by atoms with E-state index in [4.69, 9.17) is 9.47 Å². The van der Waals surface area contributed by atoms with Gasteiger partial charge < -0.3 is 9.47 Å². The van der Waals surface area contributed by atoms with Crippen LogP contribution >= 0.6 is 0 Å². The van der Waals surface area contributed by atoms with E-state index in [1.165, 1.54) is 39.2 Å². The first-order valence-electron chi connectivity index (χ1n) is 7.78. The van der Waals surface area contributed by atoms with E-state index < -0.39 is 0 Å². The fourth-order valence-electron chi connectivity index (χ4n) is 3.37. The standard InChI is InChI=1S/C17H26O3/c1-4-5-6-7-8-9-15-16-12(2)10-13(17(18)19-3)14(16)11-20-15/h15-16H,2,4-11H2,1,3H3/t15-,16+/m1/s1. The van der Waals surface area contributed by atoms with Crippen molar-refractivity contribution < 1.29 is 14.3 Å². The fourth-order valence-corrected chi connectivity index (χ4v) is 3.37. The first kappa shape index (κ1) is 15.3. The van der Waals surface area contributed by atoms with Gasteiger partial charge in [-0.1, -0.05) is 51.2 Å². The second-order valence-corrected chi connectivity index (χ2v) is 5.86. The Hall–Kier alpha value is -1.09. The Morgan fingerprint density at radius 2 is 2.10 bits per heavy atom. The number of hydrogen-bond acceptors (Lipinski definition) is 3. The summed E-state index contributed by atoms with van der Waals surface area (Å²) in [5.41, 5.74) is 3.04. The number of methoxy groups -OCH3 is 1. The van der Waals surface area contributed by atoms with E-state index in [1.54, 1.807) is 0 Å². The number of carbonyl (C=O) groups excluding carboxylic acids is 1. The third-order valence-electron chi connectivity index (χ3n) is 4.46. The molecule has 2 rings (SSSR count). The van der Waals surface area contributed by atoms with Gasteiger partial charge in [0.1, 0.15) is 0 Å². The highest BCUT2D eigenvalue weighted by Crippen LogP contribution is 2.45. The van der Waals surface area contributed by atoms with Gasteiger partial charge in [-0.2, -0.15) is 0 Å². The number of esters is 1. The third kappa shape index (κ3) is 3.14. The van der Waals surface area contributed by atoms with E-state index in [0.717, 1.165) is 23.1 Å². The highest BCUT2D eigenvalue weighted by atomic mass is 16.5. The minimum atomic E-state index is -0.212. The molecule has 3 nitrogen and oxygen atoms in total. The van der Waals surface area contributed by atoms with Crippen LogP contribution in [-0.4, -0.2) is 25.8 Å². The molecule has 1 saturated heterocycles. The lowest BCUT2D eigenvalue weighted by Crippen LogP contribution is -2.16. The van der Waals surface area contributed by atoms with Crippen LogP contribution in [0.1, 0.15) is 51.9 Å². The number of rotatable bonds is 7. The molecule has 3 heteroatoms. The molecule has 1 fully saturated rings. The Labute approximate surface area is 122 Å². The van der Waals surface area contributed by atoms with Gasteiger partial charge >= 0.3 is 5.97 Å². The molecule has 0 unspecified atom stereocenters. The topological polar surface area (TPSA) is 35.5 Å². The van der Waals surface area contributed by atoms with Gasteiger partial charge in [0, 0.05) is 17.9 Å². The maximum absolute atomic E-state index is 11.8. The van der Waals surface area contributed by atoms with E-state index in [-0.39, 0.29) is 18.0 Å². The van der Waals surface area contributed by atoms with Crippen molar-refractivity contribution in [3.8, 4) is 0 Å². The summed E-state index contributed by atoms with van der Waals surface area (Å²) in [7, 11) is 1.44. The predicted octanol–water partition coefficient (Wildman–Crippen LogP) is 3.79. The maximum atomic E-state index is 11.8.